The molecule has 0 saturated carbocycles. The molecular weight excluding hydrogens is 235 g/mol. The second-order valence-electron chi connectivity index (χ2n) is 2.58. The highest BCUT2D eigenvalue weighted by Gasteiger charge is 2.18. The van der Waals surface area contributed by atoms with Gasteiger partial charge in [-0.1, -0.05) is 0 Å². The number of halogens is 2. The lowest BCUT2D eigenvalue weighted by atomic mass is 10.2. The van der Waals surface area contributed by atoms with Gasteiger partial charge in [0.1, 0.15) is 5.82 Å². The third kappa shape index (κ3) is 2.49. The van der Waals surface area contributed by atoms with E-state index < -0.39 is 37.7 Å². The van der Waals surface area contributed by atoms with E-state index in [1.165, 1.54) is 0 Å². The number of phenolic OH excluding ortho intramolecular Hbond substituents is 2. The van der Waals surface area contributed by atoms with Crippen LogP contribution in [0, 0.1) is 5.82 Å². The molecule has 0 aromatic heterocycles. The lowest BCUT2D eigenvalue weighted by Gasteiger charge is -2.05. The van der Waals surface area contributed by atoms with Gasteiger partial charge in [-0.05, 0) is 12.1 Å². The van der Waals surface area contributed by atoms with Gasteiger partial charge in [0.15, 0.2) is 11.5 Å². The Morgan fingerprint density at radius 3 is 2.43 bits per heavy atom. The van der Waals surface area contributed by atoms with Crippen molar-refractivity contribution in [3.63, 3.8) is 0 Å². The van der Waals surface area contributed by atoms with Gasteiger partial charge in [0.2, 0.25) is 9.05 Å². The zero-order chi connectivity index (χ0) is 10.9. The van der Waals surface area contributed by atoms with E-state index >= 15 is 0 Å². The topological polar surface area (TPSA) is 74.6 Å². The highest BCUT2D eigenvalue weighted by molar-refractivity contribution is 8.13. The van der Waals surface area contributed by atoms with Gasteiger partial charge < -0.3 is 10.2 Å². The van der Waals surface area contributed by atoms with Crippen molar-refractivity contribution in [2.24, 2.45) is 0 Å². The summed E-state index contributed by atoms with van der Waals surface area (Å²) in [6.07, 6.45) is 0. The van der Waals surface area contributed by atoms with Gasteiger partial charge in [0, 0.05) is 16.2 Å². The van der Waals surface area contributed by atoms with E-state index in [-0.39, 0.29) is 0 Å². The van der Waals surface area contributed by atoms with Crippen LogP contribution >= 0.6 is 10.7 Å². The zero-order valence-corrected chi connectivity index (χ0v) is 8.31. The Kier molecular flexibility index (Phi) is 2.86. The number of rotatable bonds is 2. The van der Waals surface area contributed by atoms with Crippen LogP contribution in [-0.2, 0) is 14.8 Å². The van der Waals surface area contributed by atoms with Gasteiger partial charge >= 0.3 is 0 Å². The highest BCUT2D eigenvalue weighted by atomic mass is 35.7. The average molecular weight is 241 g/mol. The van der Waals surface area contributed by atoms with Crippen LogP contribution in [-0.4, -0.2) is 18.6 Å². The van der Waals surface area contributed by atoms with E-state index in [1.54, 1.807) is 0 Å². The second kappa shape index (κ2) is 3.62. The van der Waals surface area contributed by atoms with Gasteiger partial charge in [0.05, 0.1) is 5.75 Å². The lowest BCUT2D eigenvalue weighted by molar-refractivity contribution is 0.395. The van der Waals surface area contributed by atoms with Crippen molar-refractivity contribution in [1.82, 2.24) is 0 Å². The predicted molar refractivity (Wildman–Crippen MR) is 48.2 cm³/mol. The Hall–Kier alpha value is -1.01. The van der Waals surface area contributed by atoms with E-state index in [1.807, 2.05) is 0 Å². The molecule has 1 rings (SSSR count). The molecule has 0 heterocycles. The van der Waals surface area contributed by atoms with E-state index in [9.17, 15) is 12.8 Å². The van der Waals surface area contributed by atoms with Crippen molar-refractivity contribution in [3.05, 3.63) is 23.5 Å². The van der Waals surface area contributed by atoms with Crippen LogP contribution in [0.1, 0.15) is 5.56 Å². The molecule has 0 unspecified atom stereocenters. The number of phenols is 2. The van der Waals surface area contributed by atoms with Crippen LogP contribution in [0.4, 0.5) is 4.39 Å². The summed E-state index contributed by atoms with van der Waals surface area (Å²) in [6, 6.07) is 1.75. The second-order valence-corrected chi connectivity index (χ2v) is 5.35. The molecule has 0 aliphatic carbocycles. The van der Waals surface area contributed by atoms with Crippen molar-refractivity contribution in [1.29, 1.82) is 0 Å². The summed E-state index contributed by atoms with van der Waals surface area (Å²) >= 11 is 0. The van der Waals surface area contributed by atoms with Gasteiger partial charge in [-0.2, -0.15) is 0 Å². The Balaban J connectivity index is 3.27. The fraction of sp³-hybridized carbons (Fsp3) is 0.143. The molecule has 0 aliphatic heterocycles. The molecular formula is C7H6ClFO4S. The van der Waals surface area contributed by atoms with Crippen molar-refractivity contribution in [2.75, 3.05) is 0 Å². The Labute approximate surface area is 84.0 Å². The number of aromatic hydroxyl groups is 2. The number of hydrogen-bond donors (Lipinski definition) is 2. The summed E-state index contributed by atoms with van der Waals surface area (Å²) < 4.78 is 34.2. The molecule has 0 fully saturated rings. The quantitative estimate of drug-likeness (QED) is 0.604. The number of benzene rings is 1. The SMILES string of the molecule is O=S(=O)(Cl)Cc1c(F)ccc(O)c1O. The van der Waals surface area contributed by atoms with E-state index in [0.29, 0.717) is 0 Å². The third-order valence-electron chi connectivity index (χ3n) is 1.52. The van der Waals surface area contributed by atoms with Crippen LogP contribution in [0.25, 0.3) is 0 Å². The summed E-state index contributed by atoms with van der Waals surface area (Å²) in [4.78, 5) is 0. The molecule has 0 saturated heterocycles. The van der Waals surface area contributed by atoms with Crippen LogP contribution in [0.3, 0.4) is 0 Å². The van der Waals surface area contributed by atoms with Crippen molar-refractivity contribution >= 4 is 19.7 Å². The highest BCUT2D eigenvalue weighted by Crippen LogP contribution is 2.32. The molecule has 78 valence electrons. The monoisotopic (exact) mass is 240 g/mol. The first kappa shape index (κ1) is 11.1. The van der Waals surface area contributed by atoms with Gasteiger partial charge in [-0.3, -0.25) is 0 Å². The van der Waals surface area contributed by atoms with Gasteiger partial charge in [0.25, 0.3) is 0 Å². The normalized spacial score (nSPS) is 11.6. The Morgan fingerprint density at radius 2 is 1.93 bits per heavy atom. The molecule has 0 atom stereocenters. The summed E-state index contributed by atoms with van der Waals surface area (Å²) in [7, 11) is 0.899. The summed E-state index contributed by atoms with van der Waals surface area (Å²) in [5.74, 6) is -3.22. The molecule has 0 aliphatic rings. The third-order valence-corrected chi connectivity index (χ3v) is 2.48. The van der Waals surface area contributed by atoms with Crippen LogP contribution < -0.4 is 0 Å². The Bertz CT molecular complexity index is 457. The predicted octanol–water partition coefficient (Wildman–Crippen LogP) is 1.31. The molecule has 14 heavy (non-hydrogen) atoms. The molecule has 0 spiro atoms. The van der Waals surface area contributed by atoms with Gasteiger partial charge in [-0.25, -0.2) is 12.8 Å². The van der Waals surface area contributed by atoms with E-state index in [2.05, 4.69) is 0 Å². The lowest BCUT2D eigenvalue weighted by Crippen LogP contribution is -1.98. The van der Waals surface area contributed by atoms with E-state index in [0.717, 1.165) is 12.1 Å². The zero-order valence-electron chi connectivity index (χ0n) is 6.74. The molecule has 0 radical (unpaired) electrons. The average Bonchev–Trinajstić information content (AvgIpc) is 2.04. The summed E-state index contributed by atoms with van der Waals surface area (Å²) in [5, 5.41) is 18.1. The molecule has 7 heteroatoms. The first-order valence-electron chi connectivity index (χ1n) is 3.43. The van der Waals surface area contributed by atoms with Crippen molar-refractivity contribution in [2.45, 2.75) is 5.75 Å². The number of hydrogen-bond acceptors (Lipinski definition) is 4. The minimum Gasteiger partial charge on any atom is -0.504 e. The molecule has 0 bridgehead atoms. The van der Waals surface area contributed by atoms with Crippen LogP contribution in [0.15, 0.2) is 12.1 Å². The van der Waals surface area contributed by atoms with E-state index in [4.69, 9.17) is 20.9 Å². The maximum atomic E-state index is 13.0. The largest absolute Gasteiger partial charge is 0.504 e. The van der Waals surface area contributed by atoms with Crippen LogP contribution in [0.5, 0.6) is 11.5 Å². The molecule has 1 aromatic rings. The minimum absolute atomic E-state index is 0.542. The maximum absolute atomic E-state index is 13.0. The summed E-state index contributed by atoms with van der Waals surface area (Å²) in [6.45, 7) is 0. The molecule has 4 nitrogen and oxygen atoms in total. The van der Waals surface area contributed by atoms with Crippen LogP contribution in [0.2, 0.25) is 0 Å². The Morgan fingerprint density at radius 1 is 1.36 bits per heavy atom. The first-order chi connectivity index (χ1) is 6.31. The minimum atomic E-state index is -3.98. The first-order valence-corrected chi connectivity index (χ1v) is 5.91. The maximum Gasteiger partial charge on any atom is 0.237 e. The van der Waals surface area contributed by atoms with Crippen molar-refractivity contribution < 1.29 is 23.0 Å². The molecule has 2 N–H and O–H groups in total. The standard InChI is InChI=1S/C7H6ClFO4S/c8-14(12,13)3-4-5(9)1-2-6(10)7(4)11/h1-2,10-11H,3H2. The summed E-state index contributed by atoms with van der Waals surface area (Å²) in [5.41, 5.74) is -0.542. The smallest absolute Gasteiger partial charge is 0.237 e. The molecule has 0 amide bonds. The van der Waals surface area contributed by atoms with Crippen molar-refractivity contribution in [3.8, 4) is 11.5 Å². The fourth-order valence-corrected chi connectivity index (χ4v) is 1.86. The molecule has 1 aromatic carbocycles. The fourth-order valence-electron chi connectivity index (χ4n) is 0.909. The van der Waals surface area contributed by atoms with Gasteiger partial charge in [-0.15, -0.1) is 0 Å².